The van der Waals surface area contributed by atoms with Gasteiger partial charge >= 0.3 is 6.09 Å². The SMILES string of the molecule is CCOc1ccc(-c2cncc(F)c2)cc1CNC1CCC(N(C)C(=O)OC(C)(C)C)CC1. The molecule has 6 nitrogen and oxygen atoms in total. The fraction of sp³-hybridized carbons (Fsp3) is 0.538. The number of benzene rings is 1. The number of nitrogens with zero attached hydrogens (tertiary/aromatic N) is 2. The number of carbonyl (C=O) groups excluding carboxylic acids is 1. The largest absolute Gasteiger partial charge is 0.494 e. The maximum atomic E-state index is 13.6. The third-order valence-electron chi connectivity index (χ3n) is 5.91. The molecule has 33 heavy (non-hydrogen) atoms. The molecule has 0 atom stereocenters. The molecule has 1 aromatic heterocycles. The first-order chi connectivity index (χ1) is 15.7. The molecule has 0 radical (unpaired) electrons. The van der Waals surface area contributed by atoms with Gasteiger partial charge in [0.1, 0.15) is 17.2 Å². The highest BCUT2D eigenvalue weighted by Crippen LogP contribution is 2.28. The Morgan fingerprint density at radius 1 is 1.15 bits per heavy atom. The highest BCUT2D eigenvalue weighted by atomic mass is 19.1. The van der Waals surface area contributed by atoms with Gasteiger partial charge < -0.3 is 19.7 Å². The third-order valence-corrected chi connectivity index (χ3v) is 5.91. The molecule has 180 valence electrons. The van der Waals surface area contributed by atoms with Gasteiger partial charge in [-0.2, -0.15) is 0 Å². The van der Waals surface area contributed by atoms with Crippen molar-refractivity contribution in [3.8, 4) is 16.9 Å². The van der Waals surface area contributed by atoms with E-state index in [4.69, 9.17) is 9.47 Å². The van der Waals surface area contributed by atoms with E-state index in [1.165, 1.54) is 12.3 Å². The molecular weight excluding hydrogens is 421 g/mol. The molecule has 1 aliphatic rings. The van der Waals surface area contributed by atoms with Gasteiger partial charge in [-0.25, -0.2) is 9.18 Å². The molecule has 3 rings (SSSR count). The Hall–Kier alpha value is -2.67. The lowest BCUT2D eigenvalue weighted by molar-refractivity contribution is 0.0179. The Kier molecular flexibility index (Phi) is 8.30. The summed E-state index contributed by atoms with van der Waals surface area (Å²) in [4.78, 5) is 18.1. The van der Waals surface area contributed by atoms with Gasteiger partial charge in [0.2, 0.25) is 0 Å². The van der Waals surface area contributed by atoms with Crippen LogP contribution in [-0.4, -0.2) is 47.3 Å². The average Bonchev–Trinajstić information content (AvgIpc) is 2.77. The first-order valence-electron chi connectivity index (χ1n) is 11.7. The number of rotatable bonds is 7. The summed E-state index contributed by atoms with van der Waals surface area (Å²) < 4.78 is 25.0. The minimum absolute atomic E-state index is 0.195. The van der Waals surface area contributed by atoms with Crippen LogP contribution in [0.5, 0.6) is 5.75 Å². The smallest absolute Gasteiger partial charge is 0.410 e. The van der Waals surface area contributed by atoms with Crippen LogP contribution in [0.25, 0.3) is 11.1 Å². The van der Waals surface area contributed by atoms with Crippen molar-refractivity contribution in [2.75, 3.05) is 13.7 Å². The number of hydrogen-bond acceptors (Lipinski definition) is 5. The van der Waals surface area contributed by atoms with Gasteiger partial charge in [0.05, 0.1) is 12.8 Å². The van der Waals surface area contributed by atoms with Crippen molar-refractivity contribution in [3.05, 3.63) is 48.0 Å². The molecule has 2 aromatic rings. The van der Waals surface area contributed by atoms with Crippen molar-refractivity contribution in [1.29, 1.82) is 0 Å². The van der Waals surface area contributed by atoms with Crippen LogP contribution in [0.3, 0.4) is 0 Å². The lowest BCUT2D eigenvalue weighted by Crippen LogP contribution is -2.44. The maximum Gasteiger partial charge on any atom is 0.410 e. The predicted octanol–water partition coefficient (Wildman–Crippen LogP) is 5.55. The minimum atomic E-state index is -0.488. The second kappa shape index (κ2) is 11.0. The van der Waals surface area contributed by atoms with Crippen LogP contribution < -0.4 is 10.1 Å². The first kappa shape index (κ1) is 25.0. The van der Waals surface area contributed by atoms with Crippen LogP contribution >= 0.6 is 0 Å². The van der Waals surface area contributed by atoms with Crippen LogP contribution in [-0.2, 0) is 11.3 Å². The minimum Gasteiger partial charge on any atom is -0.494 e. The molecule has 0 aliphatic heterocycles. The van der Waals surface area contributed by atoms with Gasteiger partial charge in [0, 0.05) is 43.0 Å². The summed E-state index contributed by atoms with van der Waals surface area (Å²) >= 11 is 0. The molecular formula is C26H36FN3O3. The van der Waals surface area contributed by atoms with E-state index in [1.54, 1.807) is 11.1 Å². The van der Waals surface area contributed by atoms with Crippen molar-refractivity contribution in [2.45, 2.75) is 77.6 Å². The van der Waals surface area contributed by atoms with Crippen molar-refractivity contribution < 1.29 is 18.7 Å². The Bertz CT molecular complexity index is 937. The van der Waals surface area contributed by atoms with Crippen molar-refractivity contribution in [2.24, 2.45) is 0 Å². The van der Waals surface area contributed by atoms with E-state index < -0.39 is 5.60 Å². The molecule has 1 saturated carbocycles. The summed E-state index contributed by atoms with van der Waals surface area (Å²) in [5, 5.41) is 3.65. The molecule has 0 spiro atoms. The zero-order valence-corrected chi connectivity index (χ0v) is 20.4. The number of nitrogens with one attached hydrogen (secondary N) is 1. The second-order valence-electron chi connectivity index (χ2n) is 9.62. The Labute approximate surface area is 196 Å². The Morgan fingerprint density at radius 2 is 1.88 bits per heavy atom. The highest BCUT2D eigenvalue weighted by molar-refractivity contribution is 5.68. The third kappa shape index (κ3) is 7.16. The lowest BCUT2D eigenvalue weighted by atomic mass is 9.90. The van der Waals surface area contributed by atoms with E-state index in [2.05, 4.69) is 10.3 Å². The van der Waals surface area contributed by atoms with E-state index in [9.17, 15) is 9.18 Å². The summed E-state index contributed by atoms with van der Waals surface area (Å²) in [6, 6.07) is 7.96. The molecule has 0 bridgehead atoms. The van der Waals surface area contributed by atoms with Gasteiger partial charge in [0.15, 0.2) is 0 Å². The van der Waals surface area contributed by atoms with Crippen LogP contribution in [0, 0.1) is 5.82 Å². The highest BCUT2D eigenvalue weighted by Gasteiger charge is 2.29. The van der Waals surface area contributed by atoms with Gasteiger partial charge in [-0.1, -0.05) is 6.07 Å². The van der Waals surface area contributed by atoms with Crippen molar-refractivity contribution in [1.82, 2.24) is 15.2 Å². The van der Waals surface area contributed by atoms with Crippen molar-refractivity contribution >= 4 is 6.09 Å². The Morgan fingerprint density at radius 3 is 2.52 bits per heavy atom. The fourth-order valence-electron chi connectivity index (χ4n) is 4.17. The number of carbonyl (C=O) groups is 1. The number of aromatic nitrogens is 1. The number of halogens is 1. The van der Waals surface area contributed by atoms with Crippen LogP contribution in [0.1, 0.15) is 58.9 Å². The number of ether oxygens (including phenoxy) is 2. The summed E-state index contributed by atoms with van der Waals surface area (Å²) in [5.41, 5.74) is 2.19. The standard InChI is InChI=1S/C26H36FN3O3/c1-6-32-24-12-7-18(19-14-21(27)17-28-15-19)13-20(24)16-29-22-8-10-23(11-9-22)30(5)25(31)33-26(2,3)4/h7,12-15,17,22-23,29H,6,8-11,16H2,1-5H3. The summed E-state index contributed by atoms with van der Waals surface area (Å²) in [6.45, 7) is 8.85. The number of hydrogen-bond donors (Lipinski definition) is 1. The van der Waals surface area contributed by atoms with Gasteiger partial charge in [-0.15, -0.1) is 0 Å². The van der Waals surface area contributed by atoms with E-state index >= 15 is 0 Å². The maximum absolute atomic E-state index is 13.6. The molecule has 1 N–H and O–H groups in total. The Balaban J connectivity index is 1.59. The van der Waals surface area contributed by atoms with E-state index in [0.29, 0.717) is 19.2 Å². The normalized spacial score (nSPS) is 18.6. The van der Waals surface area contributed by atoms with Crippen LogP contribution in [0.4, 0.5) is 9.18 Å². The quantitative estimate of drug-likeness (QED) is 0.590. The number of pyridine rings is 1. The zero-order chi connectivity index (χ0) is 24.0. The molecule has 1 aliphatic carbocycles. The summed E-state index contributed by atoms with van der Waals surface area (Å²) in [5.74, 6) is 0.477. The predicted molar refractivity (Wildman–Crippen MR) is 128 cm³/mol. The second-order valence-corrected chi connectivity index (χ2v) is 9.62. The van der Waals surface area contributed by atoms with Gasteiger partial charge in [0.25, 0.3) is 0 Å². The topological polar surface area (TPSA) is 63.7 Å². The summed E-state index contributed by atoms with van der Waals surface area (Å²) in [7, 11) is 1.83. The molecule has 1 fully saturated rings. The van der Waals surface area contributed by atoms with E-state index in [1.807, 2.05) is 52.9 Å². The average molecular weight is 458 g/mol. The monoisotopic (exact) mass is 457 g/mol. The molecule has 1 amide bonds. The van der Waals surface area contributed by atoms with Crippen LogP contribution in [0.15, 0.2) is 36.7 Å². The van der Waals surface area contributed by atoms with E-state index in [-0.39, 0.29) is 18.0 Å². The molecule has 0 unspecified atom stereocenters. The van der Waals surface area contributed by atoms with Crippen LogP contribution in [0.2, 0.25) is 0 Å². The molecule has 1 heterocycles. The van der Waals surface area contributed by atoms with Gasteiger partial charge in [-0.3, -0.25) is 4.98 Å². The summed E-state index contributed by atoms with van der Waals surface area (Å²) in [6.07, 6.45) is 6.44. The molecule has 7 heteroatoms. The fourth-order valence-corrected chi connectivity index (χ4v) is 4.17. The molecule has 1 aromatic carbocycles. The first-order valence-corrected chi connectivity index (χ1v) is 11.7. The number of amides is 1. The molecule has 0 saturated heterocycles. The lowest BCUT2D eigenvalue weighted by Gasteiger charge is -2.36. The van der Waals surface area contributed by atoms with E-state index in [0.717, 1.165) is 48.1 Å². The zero-order valence-electron chi connectivity index (χ0n) is 20.4. The van der Waals surface area contributed by atoms with Crippen molar-refractivity contribution in [3.63, 3.8) is 0 Å². The van der Waals surface area contributed by atoms with Gasteiger partial charge in [-0.05, 0) is 77.1 Å².